The fourth-order valence-electron chi connectivity index (χ4n) is 2.52. The van der Waals surface area contributed by atoms with Crippen molar-refractivity contribution in [2.24, 2.45) is 0 Å². The summed E-state index contributed by atoms with van der Waals surface area (Å²) in [7, 11) is 0. The summed E-state index contributed by atoms with van der Waals surface area (Å²) in [5.41, 5.74) is 2.18. The summed E-state index contributed by atoms with van der Waals surface area (Å²) in [6, 6.07) is 8.69. The highest BCUT2D eigenvalue weighted by atomic mass is 14.9. The van der Waals surface area contributed by atoms with E-state index in [2.05, 4.69) is 48.2 Å². The number of hydrogen-bond donors (Lipinski definition) is 1. The van der Waals surface area contributed by atoms with Gasteiger partial charge in [-0.15, -0.1) is 0 Å². The molecule has 0 aliphatic heterocycles. The number of aromatic nitrogens is 2. The smallest absolute Gasteiger partial charge is 0.116 e. The Morgan fingerprint density at radius 2 is 1.94 bits per heavy atom. The number of para-hydroxylation sites is 1. The van der Waals surface area contributed by atoms with Crippen LogP contribution in [0.1, 0.15) is 38.8 Å². The highest BCUT2D eigenvalue weighted by Gasteiger charge is 2.19. The molecule has 1 aromatic carbocycles. The molecule has 0 radical (unpaired) electrons. The molecule has 1 aromatic heterocycles. The van der Waals surface area contributed by atoms with Gasteiger partial charge in [0, 0.05) is 17.3 Å². The van der Waals surface area contributed by atoms with Gasteiger partial charge in [0.2, 0.25) is 0 Å². The first-order valence-electron chi connectivity index (χ1n) is 6.71. The van der Waals surface area contributed by atoms with Crippen molar-refractivity contribution < 1.29 is 0 Å². The lowest BCUT2D eigenvalue weighted by Gasteiger charge is -2.23. The molecule has 2 rings (SSSR count). The van der Waals surface area contributed by atoms with Crippen LogP contribution in [0.5, 0.6) is 0 Å². The zero-order valence-electron chi connectivity index (χ0n) is 11.4. The van der Waals surface area contributed by atoms with Gasteiger partial charge in [0.15, 0.2) is 0 Å². The van der Waals surface area contributed by atoms with Crippen molar-refractivity contribution >= 4 is 10.9 Å². The zero-order valence-corrected chi connectivity index (χ0v) is 11.4. The molecule has 3 nitrogen and oxygen atoms in total. The van der Waals surface area contributed by atoms with Crippen LogP contribution in [0.25, 0.3) is 10.9 Å². The van der Waals surface area contributed by atoms with Gasteiger partial charge in [-0.05, 0) is 19.0 Å². The van der Waals surface area contributed by atoms with Crippen LogP contribution in [0.4, 0.5) is 0 Å². The number of rotatable bonds is 5. The minimum Gasteiger partial charge on any atom is -0.314 e. The third-order valence-electron chi connectivity index (χ3n) is 3.51. The second-order valence-corrected chi connectivity index (χ2v) is 4.64. The van der Waals surface area contributed by atoms with Crippen molar-refractivity contribution in [2.45, 2.75) is 39.2 Å². The molecule has 2 atom stereocenters. The van der Waals surface area contributed by atoms with E-state index in [1.807, 2.05) is 12.1 Å². The first kappa shape index (κ1) is 13.0. The lowest BCUT2D eigenvalue weighted by molar-refractivity contribution is 0.444. The van der Waals surface area contributed by atoms with Crippen molar-refractivity contribution in [3.8, 4) is 0 Å². The van der Waals surface area contributed by atoms with Gasteiger partial charge in [-0.2, -0.15) is 0 Å². The molecule has 0 aliphatic carbocycles. The van der Waals surface area contributed by atoms with Gasteiger partial charge in [-0.3, -0.25) is 0 Å². The van der Waals surface area contributed by atoms with Crippen molar-refractivity contribution in [3.05, 3.63) is 36.3 Å². The van der Waals surface area contributed by atoms with Gasteiger partial charge in [0.05, 0.1) is 11.2 Å². The number of nitrogens with zero attached hydrogens (tertiary/aromatic N) is 2. The Kier molecular flexibility index (Phi) is 4.26. The monoisotopic (exact) mass is 243 g/mol. The second kappa shape index (κ2) is 5.91. The molecule has 0 aliphatic rings. The van der Waals surface area contributed by atoms with E-state index in [1.54, 1.807) is 6.33 Å². The molecule has 0 amide bonds. The van der Waals surface area contributed by atoms with E-state index >= 15 is 0 Å². The van der Waals surface area contributed by atoms with Crippen LogP contribution >= 0.6 is 0 Å². The van der Waals surface area contributed by atoms with Gasteiger partial charge in [0.25, 0.3) is 0 Å². The fraction of sp³-hybridized carbons (Fsp3) is 0.467. The summed E-state index contributed by atoms with van der Waals surface area (Å²) in [5.74, 6) is 0.392. The van der Waals surface area contributed by atoms with Gasteiger partial charge in [-0.1, -0.05) is 39.0 Å². The van der Waals surface area contributed by atoms with Crippen LogP contribution in [0.2, 0.25) is 0 Å². The van der Waals surface area contributed by atoms with Crippen LogP contribution in [-0.2, 0) is 0 Å². The lowest BCUT2D eigenvalue weighted by atomic mass is 9.93. The summed E-state index contributed by atoms with van der Waals surface area (Å²) in [5, 5.41) is 4.71. The molecule has 2 unspecified atom stereocenters. The Bertz CT molecular complexity index is 505. The number of nitrogens with one attached hydrogen (secondary N) is 1. The number of hydrogen-bond acceptors (Lipinski definition) is 3. The van der Waals surface area contributed by atoms with Crippen molar-refractivity contribution in [2.75, 3.05) is 6.54 Å². The molecular formula is C15H21N3. The molecule has 1 heterocycles. The van der Waals surface area contributed by atoms with Gasteiger partial charge in [0.1, 0.15) is 6.33 Å². The summed E-state index contributed by atoms with van der Waals surface area (Å²) in [6.07, 6.45) is 2.78. The van der Waals surface area contributed by atoms with E-state index in [0.29, 0.717) is 12.0 Å². The van der Waals surface area contributed by atoms with E-state index in [-0.39, 0.29) is 0 Å². The maximum atomic E-state index is 4.51. The molecule has 0 saturated carbocycles. The number of benzene rings is 1. The predicted octanol–water partition coefficient (Wildman–Crippen LogP) is 3.12. The fourth-order valence-corrected chi connectivity index (χ4v) is 2.52. The van der Waals surface area contributed by atoms with Crippen LogP contribution < -0.4 is 5.32 Å². The molecule has 3 heteroatoms. The largest absolute Gasteiger partial charge is 0.314 e. The number of fused-ring (bicyclic) bond motifs is 1. The van der Waals surface area contributed by atoms with Crippen LogP contribution in [0.15, 0.2) is 30.6 Å². The first-order valence-corrected chi connectivity index (χ1v) is 6.71. The first-order chi connectivity index (χ1) is 8.77. The minimum atomic E-state index is 0.392. The summed E-state index contributed by atoms with van der Waals surface area (Å²) in [6.45, 7) is 7.60. The molecule has 2 aromatic rings. The zero-order chi connectivity index (χ0) is 13.0. The van der Waals surface area contributed by atoms with E-state index in [9.17, 15) is 0 Å². The van der Waals surface area contributed by atoms with E-state index in [1.165, 1.54) is 5.39 Å². The Labute approximate surface area is 109 Å². The molecule has 0 saturated heterocycles. The summed E-state index contributed by atoms with van der Waals surface area (Å²) in [4.78, 5) is 8.83. The van der Waals surface area contributed by atoms with Crippen molar-refractivity contribution in [3.63, 3.8) is 0 Å². The van der Waals surface area contributed by atoms with Crippen LogP contribution in [0, 0.1) is 0 Å². The average molecular weight is 243 g/mol. The molecule has 0 fully saturated rings. The van der Waals surface area contributed by atoms with E-state index in [4.69, 9.17) is 0 Å². The molecule has 96 valence electrons. The van der Waals surface area contributed by atoms with E-state index < -0.39 is 0 Å². The Morgan fingerprint density at radius 3 is 2.67 bits per heavy atom. The maximum absolute atomic E-state index is 4.51. The Morgan fingerprint density at radius 1 is 1.17 bits per heavy atom. The van der Waals surface area contributed by atoms with Crippen molar-refractivity contribution in [1.29, 1.82) is 0 Å². The summed E-state index contributed by atoms with van der Waals surface area (Å²) >= 11 is 0. The highest BCUT2D eigenvalue weighted by molar-refractivity contribution is 5.81. The van der Waals surface area contributed by atoms with Crippen LogP contribution in [0.3, 0.4) is 0 Å². The SMILES string of the molecule is CCNC(CC)C(C)c1ncnc2ccccc12. The van der Waals surface area contributed by atoms with Crippen molar-refractivity contribution in [1.82, 2.24) is 15.3 Å². The van der Waals surface area contributed by atoms with Gasteiger partial charge >= 0.3 is 0 Å². The molecule has 18 heavy (non-hydrogen) atoms. The molecule has 0 bridgehead atoms. The third kappa shape index (κ3) is 2.51. The van der Waals surface area contributed by atoms with E-state index in [0.717, 1.165) is 24.2 Å². The quantitative estimate of drug-likeness (QED) is 0.876. The Hall–Kier alpha value is -1.48. The molecular weight excluding hydrogens is 222 g/mol. The topological polar surface area (TPSA) is 37.8 Å². The predicted molar refractivity (Wildman–Crippen MR) is 75.7 cm³/mol. The normalized spacial score (nSPS) is 14.6. The van der Waals surface area contributed by atoms with Gasteiger partial charge in [-0.25, -0.2) is 9.97 Å². The lowest BCUT2D eigenvalue weighted by Crippen LogP contribution is -2.33. The standard InChI is InChI=1S/C15H21N3/c1-4-13(16-5-2)11(3)15-12-8-6-7-9-14(12)17-10-18-15/h6-11,13,16H,4-5H2,1-3H3. The second-order valence-electron chi connectivity index (χ2n) is 4.64. The highest BCUT2D eigenvalue weighted by Crippen LogP contribution is 2.25. The molecule has 1 N–H and O–H groups in total. The summed E-state index contributed by atoms with van der Waals surface area (Å²) < 4.78 is 0. The minimum absolute atomic E-state index is 0.392. The van der Waals surface area contributed by atoms with Crippen LogP contribution in [-0.4, -0.2) is 22.6 Å². The Balaban J connectivity index is 2.40. The maximum Gasteiger partial charge on any atom is 0.116 e. The van der Waals surface area contributed by atoms with Gasteiger partial charge < -0.3 is 5.32 Å². The molecule has 0 spiro atoms. The average Bonchev–Trinajstić information content (AvgIpc) is 2.43. The number of likely N-dealkylation sites (N-methyl/N-ethyl adjacent to an activating group) is 1. The third-order valence-corrected chi connectivity index (χ3v) is 3.51.